The van der Waals surface area contributed by atoms with Crippen LogP contribution >= 0.6 is 0 Å². The first kappa shape index (κ1) is 17.2. The first-order valence-electron chi connectivity index (χ1n) is 9.01. The topological polar surface area (TPSA) is 40.1 Å². The number of benzene rings is 1. The van der Waals surface area contributed by atoms with Gasteiger partial charge in [0.05, 0.1) is 13.2 Å². The molecule has 2 fully saturated rings. The van der Waals surface area contributed by atoms with E-state index in [2.05, 4.69) is 52.2 Å². The molecular weight excluding hydrogens is 300 g/mol. The van der Waals surface area contributed by atoms with E-state index in [4.69, 9.17) is 4.74 Å². The van der Waals surface area contributed by atoms with Crippen molar-refractivity contribution in [2.75, 3.05) is 46.4 Å². The molecule has 5 heteroatoms. The van der Waals surface area contributed by atoms with Crippen LogP contribution in [0, 0.1) is 13.8 Å². The molecular formula is C19H30N4O. The average Bonchev–Trinajstić information content (AvgIpc) is 3.08. The van der Waals surface area contributed by atoms with E-state index in [9.17, 15) is 0 Å². The van der Waals surface area contributed by atoms with Crippen LogP contribution in [-0.4, -0.2) is 68.2 Å². The van der Waals surface area contributed by atoms with Crippen molar-refractivity contribution in [2.45, 2.75) is 32.9 Å². The molecule has 0 aromatic heterocycles. The highest BCUT2D eigenvalue weighted by molar-refractivity contribution is 5.80. The molecule has 132 valence electrons. The van der Waals surface area contributed by atoms with Crippen LogP contribution in [0.15, 0.2) is 23.2 Å². The summed E-state index contributed by atoms with van der Waals surface area (Å²) in [6.07, 6.45) is 1.21. The quantitative estimate of drug-likeness (QED) is 0.677. The van der Waals surface area contributed by atoms with Crippen molar-refractivity contribution in [3.8, 4) is 0 Å². The third kappa shape index (κ3) is 4.08. The minimum Gasteiger partial charge on any atom is -0.379 e. The summed E-state index contributed by atoms with van der Waals surface area (Å²) < 4.78 is 5.47. The lowest BCUT2D eigenvalue weighted by atomic mass is 10.1. The van der Waals surface area contributed by atoms with Crippen LogP contribution < -0.4 is 5.32 Å². The lowest BCUT2D eigenvalue weighted by Crippen LogP contribution is -2.46. The molecule has 0 spiro atoms. The van der Waals surface area contributed by atoms with Gasteiger partial charge in [-0.25, -0.2) is 0 Å². The Hall–Kier alpha value is -1.59. The predicted octanol–water partition coefficient (Wildman–Crippen LogP) is 1.79. The molecule has 2 aliphatic heterocycles. The minimum absolute atomic E-state index is 0.633. The summed E-state index contributed by atoms with van der Waals surface area (Å²) in [5.41, 5.74) is 3.99. The van der Waals surface area contributed by atoms with E-state index in [0.29, 0.717) is 6.04 Å². The molecule has 24 heavy (non-hydrogen) atoms. The first-order valence-corrected chi connectivity index (χ1v) is 9.01. The number of guanidine groups is 1. The Labute approximate surface area is 145 Å². The van der Waals surface area contributed by atoms with E-state index in [1.807, 2.05) is 7.05 Å². The molecule has 1 aromatic rings. The van der Waals surface area contributed by atoms with E-state index in [1.54, 1.807) is 0 Å². The zero-order valence-corrected chi connectivity index (χ0v) is 15.2. The minimum atomic E-state index is 0.633. The highest BCUT2D eigenvalue weighted by Crippen LogP contribution is 2.17. The van der Waals surface area contributed by atoms with Gasteiger partial charge < -0.3 is 15.0 Å². The van der Waals surface area contributed by atoms with Crippen molar-refractivity contribution in [1.29, 1.82) is 0 Å². The fraction of sp³-hybridized carbons (Fsp3) is 0.632. The maximum absolute atomic E-state index is 5.47. The fourth-order valence-electron chi connectivity index (χ4n) is 3.73. The van der Waals surface area contributed by atoms with Crippen LogP contribution in [0.4, 0.5) is 0 Å². The third-order valence-electron chi connectivity index (χ3n) is 5.17. The zero-order chi connectivity index (χ0) is 16.9. The van der Waals surface area contributed by atoms with Crippen molar-refractivity contribution >= 4 is 5.96 Å². The van der Waals surface area contributed by atoms with E-state index in [-0.39, 0.29) is 0 Å². The number of morpholine rings is 1. The van der Waals surface area contributed by atoms with Crippen LogP contribution in [0.25, 0.3) is 0 Å². The molecule has 0 radical (unpaired) electrons. The Morgan fingerprint density at radius 2 is 2.04 bits per heavy atom. The molecule has 0 aliphatic carbocycles. The van der Waals surface area contributed by atoms with Gasteiger partial charge in [-0.05, 0) is 31.4 Å². The van der Waals surface area contributed by atoms with Crippen LogP contribution in [0.5, 0.6) is 0 Å². The van der Waals surface area contributed by atoms with Gasteiger partial charge in [0.2, 0.25) is 0 Å². The highest BCUT2D eigenvalue weighted by Gasteiger charge is 2.30. The SMILES string of the molecule is CN=C(NCc1ccc(C)cc1C)N1CCC(N2CCOCC2)C1. The smallest absolute Gasteiger partial charge is 0.193 e. The number of nitrogens with one attached hydrogen (secondary N) is 1. The summed E-state index contributed by atoms with van der Waals surface area (Å²) in [6.45, 7) is 11.2. The van der Waals surface area contributed by atoms with Gasteiger partial charge in [-0.15, -0.1) is 0 Å². The maximum Gasteiger partial charge on any atom is 0.193 e. The number of hydrogen-bond acceptors (Lipinski definition) is 3. The second-order valence-electron chi connectivity index (χ2n) is 6.87. The third-order valence-corrected chi connectivity index (χ3v) is 5.17. The summed E-state index contributed by atoms with van der Waals surface area (Å²) in [5, 5.41) is 3.54. The summed E-state index contributed by atoms with van der Waals surface area (Å²) in [4.78, 5) is 9.46. The van der Waals surface area contributed by atoms with Crippen molar-refractivity contribution in [1.82, 2.24) is 15.1 Å². The van der Waals surface area contributed by atoms with Crippen molar-refractivity contribution < 1.29 is 4.74 Å². The van der Waals surface area contributed by atoms with Crippen LogP contribution in [-0.2, 0) is 11.3 Å². The van der Waals surface area contributed by atoms with Gasteiger partial charge in [0.1, 0.15) is 0 Å². The van der Waals surface area contributed by atoms with Crippen LogP contribution in [0.1, 0.15) is 23.1 Å². The van der Waals surface area contributed by atoms with Gasteiger partial charge in [-0.3, -0.25) is 9.89 Å². The number of rotatable bonds is 3. The molecule has 2 aliphatic rings. The standard InChI is InChI=1S/C19H30N4O/c1-15-4-5-17(16(2)12-15)13-21-19(20-3)23-7-6-18(14-23)22-8-10-24-11-9-22/h4-5,12,18H,6-11,13-14H2,1-3H3,(H,20,21). The Morgan fingerprint density at radius 3 is 2.75 bits per heavy atom. The Morgan fingerprint density at radius 1 is 1.25 bits per heavy atom. The maximum atomic E-state index is 5.47. The molecule has 5 nitrogen and oxygen atoms in total. The number of aryl methyl sites for hydroxylation is 2. The van der Waals surface area contributed by atoms with Gasteiger partial charge in [0.15, 0.2) is 5.96 Å². The van der Waals surface area contributed by atoms with E-state index < -0.39 is 0 Å². The lowest BCUT2D eigenvalue weighted by molar-refractivity contribution is 0.0195. The number of aliphatic imine (C=N–C) groups is 1. The van der Waals surface area contributed by atoms with Gasteiger partial charge in [0, 0.05) is 45.8 Å². The molecule has 0 bridgehead atoms. The van der Waals surface area contributed by atoms with E-state index >= 15 is 0 Å². The number of nitrogens with zero attached hydrogens (tertiary/aromatic N) is 3. The molecule has 2 heterocycles. The molecule has 1 atom stereocenters. The Kier molecular flexibility index (Phi) is 5.74. The molecule has 1 aromatic carbocycles. The summed E-state index contributed by atoms with van der Waals surface area (Å²) >= 11 is 0. The van der Waals surface area contributed by atoms with Gasteiger partial charge >= 0.3 is 0 Å². The van der Waals surface area contributed by atoms with E-state index in [1.165, 1.54) is 23.1 Å². The zero-order valence-electron chi connectivity index (χ0n) is 15.2. The largest absolute Gasteiger partial charge is 0.379 e. The molecule has 1 N–H and O–H groups in total. The van der Waals surface area contributed by atoms with Crippen molar-refractivity contribution in [3.63, 3.8) is 0 Å². The van der Waals surface area contributed by atoms with E-state index in [0.717, 1.165) is 51.9 Å². The summed E-state index contributed by atoms with van der Waals surface area (Å²) in [7, 11) is 1.88. The normalized spacial score (nSPS) is 22.9. The van der Waals surface area contributed by atoms with Gasteiger partial charge in [0.25, 0.3) is 0 Å². The van der Waals surface area contributed by atoms with Crippen molar-refractivity contribution in [2.24, 2.45) is 4.99 Å². The Bertz CT molecular complexity index is 581. The lowest BCUT2D eigenvalue weighted by Gasteiger charge is -2.32. The molecule has 0 amide bonds. The number of ether oxygens (including phenoxy) is 1. The first-order chi connectivity index (χ1) is 11.7. The van der Waals surface area contributed by atoms with Crippen LogP contribution in [0.2, 0.25) is 0 Å². The monoisotopic (exact) mass is 330 g/mol. The Balaban J connectivity index is 1.55. The second-order valence-corrected chi connectivity index (χ2v) is 6.87. The molecule has 3 rings (SSSR count). The fourth-order valence-corrected chi connectivity index (χ4v) is 3.73. The summed E-state index contributed by atoms with van der Waals surface area (Å²) in [6, 6.07) is 7.26. The predicted molar refractivity (Wildman–Crippen MR) is 98.5 cm³/mol. The second kappa shape index (κ2) is 7.99. The van der Waals surface area contributed by atoms with Crippen molar-refractivity contribution in [3.05, 3.63) is 34.9 Å². The molecule has 2 saturated heterocycles. The average molecular weight is 330 g/mol. The number of likely N-dealkylation sites (tertiary alicyclic amines) is 1. The molecule has 0 saturated carbocycles. The highest BCUT2D eigenvalue weighted by atomic mass is 16.5. The van der Waals surface area contributed by atoms with Crippen LogP contribution in [0.3, 0.4) is 0 Å². The van der Waals surface area contributed by atoms with Gasteiger partial charge in [-0.2, -0.15) is 0 Å². The molecule has 1 unspecified atom stereocenters. The summed E-state index contributed by atoms with van der Waals surface area (Å²) in [5.74, 6) is 1.02. The number of hydrogen-bond donors (Lipinski definition) is 1. The van der Waals surface area contributed by atoms with Gasteiger partial charge in [-0.1, -0.05) is 23.8 Å².